The molecule has 0 radical (unpaired) electrons. The third-order valence-electron chi connectivity index (χ3n) is 5.94. The topological polar surface area (TPSA) is 113 Å². The molecule has 0 aliphatic heterocycles. The van der Waals surface area contributed by atoms with Crippen molar-refractivity contribution in [3.8, 4) is 11.3 Å². The molecule has 0 saturated heterocycles. The second-order valence-electron chi connectivity index (χ2n) is 9.77. The first-order chi connectivity index (χ1) is 17.5. The summed E-state index contributed by atoms with van der Waals surface area (Å²) in [5.41, 5.74) is 2.51. The van der Waals surface area contributed by atoms with Crippen molar-refractivity contribution < 1.29 is 13.2 Å². The number of anilines is 1. The second-order valence-corrected chi connectivity index (χ2v) is 11.7. The van der Waals surface area contributed by atoms with Gasteiger partial charge in [0.15, 0.2) is 0 Å². The normalized spacial score (nSPS) is 15.2. The smallest absolute Gasteiger partial charge is 0.236 e. The molecule has 3 rings (SSSR count). The molecule has 1 saturated carbocycles. The van der Waals surface area contributed by atoms with Gasteiger partial charge < -0.3 is 5.32 Å². The van der Waals surface area contributed by atoms with Crippen molar-refractivity contribution in [1.29, 1.82) is 0 Å². The molecule has 8 nitrogen and oxygen atoms in total. The number of hydrogen-bond acceptors (Lipinski definition) is 6. The SMILES string of the molecule is C=C/C=C(/N=C(\C=C/C)C(C)(C)C(=O)Nc1ccc(-c2cncc(C(C)C)n2)cc1)NS(=O)(=O)C1CC1. The van der Waals surface area contributed by atoms with E-state index < -0.39 is 20.7 Å². The number of sulfonamides is 1. The van der Waals surface area contributed by atoms with Crippen LogP contribution in [0, 0.1) is 5.41 Å². The average Bonchev–Trinajstić information content (AvgIpc) is 3.71. The van der Waals surface area contributed by atoms with E-state index in [0.29, 0.717) is 24.2 Å². The molecular weight excluding hydrogens is 486 g/mol. The van der Waals surface area contributed by atoms with Crippen LogP contribution in [-0.4, -0.2) is 35.3 Å². The van der Waals surface area contributed by atoms with Gasteiger partial charge in [0.2, 0.25) is 15.9 Å². The zero-order valence-electron chi connectivity index (χ0n) is 22.0. The Morgan fingerprint density at radius 2 is 1.86 bits per heavy atom. The lowest BCUT2D eigenvalue weighted by atomic mass is 9.85. The maximum absolute atomic E-state index is 13.3. The third kappa shape index (κ3) is 7.22. The summed E-state index contributed by atoms with van der Waals surface area (Å²) in [7, 11) is -3.53. The molecule has 2 aromatic rings. The Kier molecular flexibility index (Phi) is 8.81. The van der Waals surface area contributed by atoms with Gasteiger partial charge >= 0.3 is 0 Å². The number of carbonyl (C=O) groups excluding carboxylic acids is 1. The highest BCUT2D eigenvalue weighted by Crippen LogP contribution is 2.29. The van der Waals surface area contributed by atoms with Crippen molar-refractivity contribution in [2.75, 3.05) is 5.32 Å². The van der Waals surface area contributed by atoms with Crippen LogP contribution in [0.2, 0.25) is 0 Å². The fourth-order valence-corrected chi connectivity index (χ4v) is 4.74. The number of rotatable bonds is 11. The summed E-state index contributed by atoms with van der Waals surface area (Å²) in [6, 6.07) is 7.39. The Morgan fingerprint density at radius 3 is 2.43 bits per heavy atom. The highest BCUT2D eigenvalue weighted by molar-refractivity contribution is 7.90. The van der Waals surface area contributed by atoms with Crippen LogP contribution in [0.15, 0.2) is 78.4 Å². The summed E-state index contributed by atoms with van der Waals surface area (Å²) < 4.78 is 27.5. The number of amides is 1. The van der Waals surface area contributed by atoms with E-state index >= 15 is 0 Å². The lowest BCUT2D eigenvalue weighted by molar-refractivity contribution is -0.121. The molecule has 1 fully saturated rings. The van der Waals surface area contributed by atoms with Gasteiger partial charge in [0.25, 0.3) is 0 Å². The molecule has 1 aliphatic carbocycles. The quantitative estimate of drug-likeness (QED) is 0.305. The van der Waals surface area contributed by atoms with Gasteiger partial charge in [0.05, 0.1) is 34.0 Å². The van der Waals surface area contributed by atoms with Crippen molar-refractivity contribution >= 4 is 27.3 Å². The van der Waals surface area contributed by atoms with Crippen LogP contribution >= 0.6 is 0 Å². The molecule has 2 N–H and O–H groups in total. The fraction of sp³-hybridized carbons (Fsp3) is 0.357. The summed E-state index contributed by atoms with van der Waals surface area (Å²) in [4.78, 5) is 26.8. The molecule has 1 aliphatic rings. The van der Waals surface area contributed by atoms with Crippen molar-refractivity contribution in [2.45, 2.75) is 58.6 Å². The van der Waals surface area contributed by atoms with Gasteiger partial charge in [0, 0.05) is 17.4 Å². The summed E-state index contributed by atoms with van der Waals surface area (Å²) in [5, 5.41) is 2.54. The largest absolute Gasteiger partial charge is 0.325 e. The molecule has 37 heavy (non-hydrogen) atoms. The van der Waals surface area contributed by atoms with Crippen LogP contribution in [0.1, 0.15) is 59.1 Å². The maximum atomic E-state index is 13.3. The Hall–Kier alpha value is -3.59. The first kappa shape index (κ1) is 28.0. The molecule has 1 heterocycles. The first-order valence-corrected chi connectivity index (χ1v) is 13.8. The monoisotopic (exact) mass is 521 g/mol. The van der Waals surface area contributed by atoms with Crippen LogP contribution in [0.5, 0.6) is 0 Å². The van der Waals surface area contributed by atoms with Crippen molar-refractivity contribution in [1.82, 2.24) is 14.7 Å². The fourth-order valence-electron chi connectivity index (χ4n) is 3.41. The number of nitrogens with zero attached hydrogens (tertiary/aromatic N) is 3. The molecule has 0 unspecified atom stereocenters. The zero-order chi connectivity index (χ0) is 27.2. The van der Waals surface area contributed by atoms with E-state index in [1.165, 1.54) is 12.2 Å². The first-order valence-electron chi connectivity index (χ1n) is 12.3. The number of aliphatic imine (C=N–C) groups is 1. The Morgan fingerprint density at radius 1 is 1.19 bits per heavy atom. The van der Waals surface area contributed by atoms with E-state index in [1.54, 1.807) is 38.4 Å². The minimum atomic E-state index is -3.53. The van der Waals surface area contributed by atoms with Gasteiger partial charge in [-0.15, -0.1) is 0 Å². The summed E-state index contributed by atoms with van der Waals surface area (Å²) in [6.45, 7) is 13.1. The second kappa shape index (κ2) is 11.6. The number of aromatic nitrogens is 2. The molecular formula is C28H35N5O3S. The van der Waals surface area contributed by atoms with Gasteiger partial charge in [-0.1, -0.05) is 44.7 Å². The van der Waals surface area contributed by atoms with E-state index in [-0.39, 0.29) is 17.6 Å². The van der Waals surface area contributed by atoms with Gasteiger partial charge in [-0.25, -0.2) is 18.4 Å². The molecule has 1 aromatic carbocycles. The number of nitrogens with one attached hydrogen (secondary N) is 2. The number of carbonyl (C=O) groups is 1. The number of hydrogen-bond donors (Lipinski definition) is 2. The third-order valence-corrected chi connectivity index (χ3v) is 7.79. The Balaban J connectivity index is 1.81. The molecule has 0 atom stereocenters. The molecule has 1 amide bonds. The van der Waals surface area contributed by atoms with E-state index in [2.05, 4.69) is 45.4 Å². The van der Waals surface area contributed by atoms with Gasteiger partial charge in [-0.05, 0) is 63.8 Å². The van der Waals surface area contributed by atoms with Gasteiger partial charge in [-0.2, -0.15) is 0 Å². The van der Waals surface area contributed by atoms with E-state index in [1.807, 2.05) is 31.2 Å². The van der Waals surface area contributed by atoms with Crippen LogP contribution in [0.4, 0.5) is 5.69 Å². The Bertz CT molecular complexity index is 1340. The molecule has 196 valence electrons. The number of allylic oxidation sites excluding steroid dienone is 4. The van der Waals surface area contributed by atoms with Crippen LogP contribution in [-0.2, 0) is 14.8 Å². The minimum Gasteiger partial charge on any atom is -0.325 e. The van der Waals surface area contributed by atoms with Crippen molar-refractivity contribution in [2.24, 2.45) is 10.4 Å². The van der Waals surface area contributed by atoms with E-state index in [9.17, 15) is 13.2 Å². The van der Waals surface area contributed by atoms with Crippen LogP contribution in [0.25, 0.3) is 11.3 Å². The predicted molar refractivity (Wildman–Crippen MR) is 150 cm³/mol. The van der Waals surface area contributed by atoms with Crippen molar-refractivity contribution in [3.63, 3.8) is 0 Å². The summed E-state index contributed by atoms with van der Waals surface area (Å²) in [5.74, 6) is 0.0961. The van der Waals surface area contributed by atoms with E-state index in [4.69, 9.17) is 0 Å². The highest BCUT2D eigenvalue weighted by Gasteiger charge is 2.37. The zero-order valence-corrected chi connectivity index (χ0v) is 22.8. The van der Waals surface area contributed by atoms with Crippen molar-refractivity contribution in [3.05, 3.63) is 79.1 Å². The lowest BCUT2D eigenvalue weighted by Gasteiger charge is -2.24. The standard InChI is InChI=1S/C28H35N5O3S/c1-7-9-25(32-26(10-8-2)33-37(35,36)22-15-16-22)28(5,6)27(34)30-21-13-11-20(12-14-21)24-18-29-17-23(31-24)19(3)4/h7-14,17-19,22,33H,2,15-16H2,1,3-6H3,(H,30,34)/b9-7-,26-10-,32-25+. The molecule has 9 heteroatoms. The molecule has 0 bridgehead atoms. The lowest BCUT2D eigenvalue weighted by Crippen LogP contribution is -2.38. The maximum Gasteiger partial charge on any atom is 0.236 e. The highest BCUT2D eigenvalue weighted by atomic mass is 32.2. The van der Waals surface area contributed by atoms with Gasteiger partial charge in [0.1, 0.15) is 5.82 Å². The van der Waals surface area contributed by atoms with Crippen LogP contribution in [0.3, 0.4) is 0 Å². The summed E-state index contributed by atoms with van der Waals surface area (Å²) in [6.07, 6.45) is 11.1. The predicted octanol–water partition coefficient (Wildman–Crippen LogP) is 5.36. The molecule has 1 aromatic heterocycles. The Labute approximate surface area is 219 Å². The molecule has 0 spiro atoms. The number of benzene rings is 1. The van der Waals surface area contributed by atoms with E-state index in [0.717, 1.165) is 17.0 Å². The minimum absolute atomic E-state index is 0.116. The van der Waals surface area contributed by atoms with Gasteiger partial charge in [-0.3, -0.25) is 14.5 Å². The average molecular weight is 522 g/mol. The van der Waals surface area contributed by atoms with Crippen LogP contribution < -0.4 is 10.0 Å². The summed E-state index contributed by atoms with van der Waals surface area (Å²) >= 11 is 0.